The zero-order valence-electron chi connectivity index (χ0n) is 5.83. The van der Waals surface area contributed by atoms with Crippen LogP contribution in [0, 0.1) is 0 Å². The molecule has 0 saturated carbocycles. The third-order valence-corrected chi connectivity index (χ3v) is 2.52. The van der Waals surface area contributed by atoms with Crippen molar-refractivity contribution in [3.05, 3.63) is 12.4 Å². The molecule has 1 N–H and O–H groups in total. The van der Waals surface area contributed by atoms with E-state index in [1.54, 1.807) is 0 Å². The maximum atomic E-state index is 3.33. The lowest BCUT2D eigenvalue weighted by Gasteiger charge is -2.55. The Morgan fingerprint density at radius 1 is 1.33 bits per heavy atom. The molecule has 1 saturated heterocycles. The Morgan fingerprint density at radius 3 is 2.22 bits per heavy atom. The van der Waals surface area contributed by atoms with E-state index in [-0.39, 0.29) is 0 Å². The van der Waals surface area contributed by atoms with Gasteiger partial charge in [0.05, 0.1) is 6.04 Å². The fourth-order valence-corrected chi connectivity index (χ4v) is 1.83. The topological polar surface area (TPSA) is 15.3 Å². The third kappa shape index (κ3) is 0.460. The van der Waals surface area contributed by atoms with Crippen molar-refractivity contribution in [1.82, 2.24) is 10.2 Å². The van der Waals surface area contributed by atoms with Crippen molar-refractivity contribution in [2.75, 3.05) is 0 Å². The van der Waals surface area contributed by atoms with Gasteiger partial charge in [0.25, 0.3) is 0 Å². The van der Waals surface area contributed by atoms with Gasteiger partial charge in [-0.05, 0) is 13.8 Å². The minimum Gasteiger partial charge on any atom is -0.383 e. The lowest BCUT2D eigenvalue weighted by molar-refractivity contribution is 0.0322. The molecule has 1 fully saturated rings. The number of nitrogens with zero attached hydrogens (tertiary/aromatic N) is 1. The van der Waals surface area contributed by atoms with Crippen LogP contribution >= 0.6 is 0 Å². The molecule has 0 radical (unpaired) electrons. The Morgan fingerprint density at radius 2 is 2.00 bits per heavy atom. The Balaban J connectivity index is 2.21. The second-order valence-electron chi connectivity index (χ2n) is 2.94. The molecular formula is C7H12N2. The summed E-state index contributed by atoms with van der Waals surface area (Å²) < 4.78 is 0. The summed E-state index contributed by atoms with van der Waals surface area (Å²) in [6, 6.07) is 2.13. The van der Waals surface area contributed by atoms with E-state index in [4.69, 9.17) is 0 Å². The number of fused-ring (bicyclic) bond motifs is 1. The van der Waals surface area contributed by atoms with Crippen LogP contribution in [0.3, 0.4) is 0 Å². The number of rotatable bonds is 0. The fraction of sp³-hybridized carbons (Fsp3) is 0.714. The van der Waals surface area contributed by atoms with E-state index < -0.39 is 0 Å². The molecule has 3 aliphatic heterocycles. The summed E-state index contributed by atoms with van der Waals surface area (Å²) in [7, 11) is 0. The van der Waals surface area contributed by atoms with Crippen LogP contribution in [0.25, 0.3) is 0 Å². The van der Waals surface area contributed by atoms with Gasteiger partial charge in [0.1, 0.15) is 0 Å². The van der Waals surface area contributed by atoms with Gasteiger partial charge in [-0.15, -0.1) is 0 Å². The zero-order valence-corrected chi connectivity index (χ0v) is 5.83. The summed E-state index contributed by atoms with van der Waals surface area (Å²) >= 11 is 0. The van der Waals surface area contributed by atoms with Crippen molar-refractivity contribution in [2.45, 2.75) is 32.0 Å². The second kappa shape index (κ2) is 1.43. The highest BCUT2D eigenvalue weighted by atomic mass is 15.3. The minimum atomic E-state index is 0.704. The van der Waals surface area contributed by atoms with Gasteiger partial charge in [0.15, 0.2) is 0 Å². The van der Waals surface area contributed by atoms with Gasteiger partial charge in [-0.1, -0.05) is 0 Å². The third-order valence-electron chi connectivity index (χ3n) is 2.52. The van der Waals surface area contributed by atoms with E-state index in [1.165, 1.54) is 0 Å². The van der Waals surface area contributed by atoms with Crippen molar-refractivity contribution in [2.24, 2.45) is 0 Å². The van der Waals surface area contributed by atoms with E-state index in [0.717, 1.165) is 0 Å². The largest absolute Gasteiger partial charge is 0.383 e. The summed E-state index contributed by atoms with van der Waals surface area (Å²) in [5.41, 5.74) is 0. The highest BCUT2D eigenvalue weighted by Gasteiger charge is 2.42. The highest BCUT2D eigenvalue weighted by Crippen LogP contribution is 2.28. The second-order valence-corrected chi connectivity index (χ2v) is 2.94. The quantitative estimate of drug-likeness (QED) is 0.506. The van der Waals surface area contributed by atoms with Crippen molar-refractivity contribution < 1.29 is 0 Å². The summed E-state index contributed by atoms with van der Waals surface area (Å²) in [6.45, 7) is 4.50. The lowest BCUT2D eigenvalue weighted by Crippen LogP contribution is -2.69. The van der Waals surface area contributed by atoms with Crippen LogP contribution in [0.1, 0.15) is 13.8 Å². The van der Waals surface area contributed by atoms with Gasteiger partial charge < -0.3 is 10.2 Å². The summed E-state index contributed by atoms with van der Waals surface area (Å²) in [5.74, 6) is 0. The minimum absolute atomic E-state index is 0.704. The molecule has 9 heavy (non-hydrogen) atoms. The Labute approximate surface area is 55.5 Å². The van der Waals surface area contributed by atoms with Crippen molar-refractivity contribution in [1.29, 1.82) is 0 Å². The van der Waals surface area contributed by atoms with Crippen LogP contribution in [-0.2, 0) is 0 Å². The molecule has 0 aliphatic carbocycles. The molecule has 2 unspecified atom stereocenters. The van der Waals surface area contributed by atoms with Crippen LogP contribution in [0.5, 0.6) is 0 Å². The summed E-state index contributed by atoms with van der Waals surface area (Å²) in [6.07, 6.45) is 4.17. The normalized spacial score (nSPS) is 46.0. The van der Waals surface area contributed by atoms with Gasteiger partial charge in [0, 0.05) is 24.5 Å². The van der Waals surface area contributed by atoms with Crippen LogP contribution in [0.15, 0.2) is 12.4 Å². The molecular weight excluding hydrogens is 112 g/mol. The van der Waals surface area contributed by atoms with Crippen molar-refractivity contribution in [3.63, 3.8) is 0 Å². The Hall–Kier alpha value is -0.660. The molecule has 0 spiro atoms. The molecule has 0 aromatic carbocycles. The first-order valence-electron chi connectivity index (χ1n) is 3.51. The van der Waals surface area contributed by atoms with Gasteiger partial charge in [-0.3, -0.25) is 0 Å². The molecule has 2 nitrogen and oxygen atoms in total. The molecule has 2 bridgehead atoms. The monoisotopic (exact) mass is 124 g/mol. The molecule has 2 atom stereocenters. The Bertz CT molecular complexity index is 143. The maximum Gasteiger partial charge on any atom is 0.0657 e. The van der Waals surface area contributed by atoms with E-state index in [9.17, 15) is 0 Å². The van der Waals surface area contributed by atoms with Gasteiger partial charge >= 0.3 is 0 Å². The molecule has 50 valence electrons. The summed E-state index contributed by atoms with van der Waals surface area (Å²) in [5, 5.41) is 3.33. The van der Waals surface area contributed by atoms with Crippen LogP contribution in [0.4, 0.5) is 0 Å². The van der Waals surface area contributed by atoms with E-state index in [2.05, 4.69) is 30.3 Å². The number of hydrogen-bond donors (Lipinski definition) is 1. The molecule has 2 heteroatoms. The molecule has 0 aromatic rings. The molecule has 0 aromatic heterocycles. The average molecular weight is 124 g/mol. The molecule has 3 aliphatic rings. The summed E-state index contributed by atoms with van der Waals surface area (Å²) in [4.78, 5) is 2.38. The lowest BCUT2D eigenvalue weighted by atomic mass is 9.88. The first-order chi connectivity index (χ1) is 4.30. The Kier molecular flexibility index (Phi) is 0.821. The van der Waals surface area contributed by atoms with E-state index >= 15 is 0 Å². The van der Waals surface area contributed by atoms with Crippen LogP contribution in [-0.4, -0.2) is 23.0 Å². The number of hydrogen-bond acceptors (Lipinski definition) is 2. The van der Waals surface area contributed by atoms with Crippen LogP contribution < -0.4 is 5.32 Å². The highest BCUT2D eigenvalue weighted by molar-refractivity contribution is 5.12. The standard InChI is InChI=1S/C7H12N2/c1-5-7-6(2)9(5)4-3-8-7/h3-8H,1-2H3. The molecule has 3 rings (SSSR count). The predicted molar refractivity (Wildman–Crippen MR) is 36.8 cm³/mol. The first-order valence-corrected chi connectivity index (χ1v) is 3.51. The van der Waals surface area contributed by atoms with Crippen molar-refractivity contribution in [3.8, 4) is 0 Å². The maximum absolute atomic E-state index is 3.33. The predicted octanol–water partition coefficient (Wildman–Crippen LogP) is 0.522. The average Bonchev–Trinajstić information content (AvgIpc) is 1.91. The van der Waals surface area contributed by atoms with Gasteiger partial charge in [0.2, 0.25) is 0 Å². The first kappa shape index (κ1) is 5.15. The fourth-order valence-electron chi connectivity index (χ4n) is 1.83. The smallest absolute Gasteiger partial charge is 0.0657 e. The van der Waals surface area contributed by atoms with Gasteiger partial charge in [-0.2, -0.15) is 0 Å². The molecule has 3 heterocycles. The van der Waals surface area contributed by atoms with Crippen LogP contribution in [0.2, 0.25) is 0 Å². The SMILES string of the molecule is CC1C2NC=CN1C2C. The molecule has 0 amide bonds. The van der Waals surface area contributed by atoms with Gasteiger partial charge in [-0.25, -0.2) is 0 Å². The van der Waals surface area contributed by atoms with Crippen molar-refractivity contribution >= 4 is 0 Å². The number of nitrogens with one attached hydrogen (secondary N) is 1. The zero-order chi connectivity index (χ0) is 6.43. The van der Waals surface area contributed by atoms with E-state index in [0.29, 0.717) is 18.1 Å². The van der Waals surface area contributed by atoms with E-state index in [1.807, 2.05) is 6.20 Å².